The molecule has 51 heavy (non-hydrogen) atoms. The van der Waals surface area contributed by atoms with Gasteiger partial charge in [-0.25, -0.2) is 4.79 Å². The maximum absolute atomic E-state index is 12.2. The Bertz CT molecular complexity index is 1700. The van der Waals surface area contributed by atoms with Crippen molar-refractivity contribution in [1.82, 2.24) is 15.5 Å². The van der Waals surface area contributed by atoms with Crippen LogP contribution < -0.4 is 10.6 Å². The quantitative estimate of drug-likeness (QED) is 0.117. The molecule has 4 N–H and O–H groups in total. The number of aliphatic hydroxyl groups excluding tert-OH is 2. The Labute approximate surface area is 300 Å². The van der Waals surface area contributed by atoms with Gasteiger partial charge in [0, 0.05) is 30.6 Å². The van der Waals surface area contributed by atoms with E-state index in [0.29, 0.717) is 13.1 Å². The van der Waals surface area contributed by atoms with Gasteiger partial charge in [0.05, 0.1) is 31.5 Å². The van der Waals surface area contributed by atoms with E-state index in [0.717, 1.165) is 38.9 Å². The smallest absolute Gasteiger partial charge is 0.325 e. The molecular formula is C41H49N3O7. The summed E-state index contributed by atoms with van der Waals surface area (Å²) in [5, 5.41) is 26.0. The van der Waals surface area contributed by atoms with Crippen LogP contribution in [0.3, 0.4) is 0 Å². The highest BCUT2D eigenvalue weighted by Gasteiger charge is 2.39. The van der Waals surface area contributed by atoms with Gasteiger partial charge in [0.15, 0.2) is 6.29 Å². The van der Waals surface area contributed by atoms with Gasteiger partial charge in [0.1, 0.15) is 6.54 Å². The summed E-state index contributed by atoms with van der Waals surface area (Å²) in [6, 6.07) is 32.9. The molecule has 0 aromatic heterocycles. The Morgan fingerprint density at radius 2 is 1.57 bits per heavy atom. The molecule has 10 heteroatoms. The number of hydrogen-bond donors (Lipinski definition) is 4. The van der Waals surface area contributed by atoms with Crippen LogP contribution in [0, 0.1) is 5.92 Å². The highest BCUT2D eigenvalue weighted by atomic mass is 16.7. The summed E-state index contributed by atoms with van der Waals surface area (Å²) in [7, 11) is 2.01. The Morgan fingerprint density at radius 3 is 2.25 bits per heavy atom. The van der Waals surface area contributed by atoms with E-state index in [4.69, 9.17) is 14.2 Å². The highest BCUT2D eigenvalue weighted by molar-refractivity contribution is 5.80. The van der Waals surface area contributed by atoms with Gasteiger partial charge in [0.25, 0.3) is 0 Å². The number of nitrogens with one attached hydrogen (secondary N) is 2. The summed E-state index contributed by atoms with van der Waals surface area (Å²) in [4.78, 5) is 25.8. The Hall–Kier alpha value is -4.58. The molecule has 270 valence electrons. The number of esters is 1. The molecule has 1 aliphatic rings. The second-order valence-corrected chi connectivity index (χ2v) is 13.0. The monoisotopic (exact) mass is 695 g/mol. The number of amides is 2. The third-order valence-corrected chi connectivity index (χ3v) is 9.48. The number of ether oxygens (including phenoxy) is 3. The van der Waals surface area contributed by atoms with Crippen LogP contribution in [0.1, 0.15) is 67.1 Å². The third-order valence-electron chi connectivity index (χ3n) is 9.48. The maximum Gasteiger partial charge on any atom is 0.325 e. The van der Waals surface area contributed by atoms with Gasteiger partial charge in [0.2, 0.25) is 0 Å². The fourth-order valence-corrected chi connectivity index (χ4v) is 6.25. The molecule has 0 bridgehead atoms. The topological polar surface area (TPSA) is 130 Å². The van der Waals surface area contributed by atoms with Crippen molar-refractivity contribution in [2.24, 2.45) is 5.92 Å². The van der Waals surface area contributed by atoms with E-state index in [1.54, 1.807) is 6.92 Å². The van der Waals surface area contributed by atoms with E-state index in [1.165, 1.54) is 0 Å². The third kappa shape index (κ3) is 10.0. The standard InChI is InChI=1S/C41H49N3O7/c1-5-49-37(46)24-43-41(48)42-23-30-10-9-13-35(22-30)31-18-20-34(21-19-31)40-50-36(25-44(4)28(3)38(47)32-11-7-6-8-12-32)27(2)39(51-40)33-16-14-29(26-45)15-17-33/h6-22,27-28,36,38-40,45,47H,5,23-26H2,1-4H3,(H2,42,43,48). The number of carbonyl (C=O) groups is 2. The zero-order valence-corrected chi connectivity index (χ0v) is 29.7. The number of urea groups is 1. The lowest BCUT2D eigenvalue weighted by Gasteiger charge is -2.43. The fraction of sp³-hybridized carbons (Fsp3) is 0.366. The van der Waals surface area contributed by atoms with Gasteiger partial charge in [-0.3, -0.25) is 9.69 Å². The van der Waals surface area contributed by atoms with Crippen LogP contribution in [0.2, 0.25) is 0 Å². The van der Waals surface area contributed by atoms with Crippen molar-refractivity contribution < 1.29 is 34.0 Å². The van der Waals surface area contributed by atoms with Crippen LogP contribution in [0.25, 0.3) is 11.1 Å². The molecule has 6 atom stereocenters. The van der Waals surface area contributed by atoms with E-state index < -0.39 is 24.4 Å². The minimum Gasteiger partial charge on any atom is -0.465 e. The zero-order valence-electron chi connectivity index (χ0n) is 29.7. The van der Waals surface area contributed by atoms with Gasteiger partial charge in [-0.05, 0) is 60.3 Å². The molecule has 0 saturated carbocycles. The Kier molecular flexibility index (Phi) is 13.3. The number of aliphatic hydroxyl groups is 2. The molecule has 0 radical (unpaired) electrons. The predicted octanol–water partition coefficient (Wildman–Crippen LogP) is 6.05. The van der Waals surface area contributed by atoms with Crippen molar-refractivity contribution in [3.8, 4) is 11.1 Å². The molecule has 6 unspecified atom stereocenters. The summed E-state index contributed by atoms with van der Waals surface area (Å²) in [6.45, 7) is 6.78. The first kappa shape index (κ1) is 37.7. The fourth-order valence-electron chi connectivity index (χ4n) is 6.25. The normalized spacial score (nSPS) is 20.0. The van der Waals surface area contributed by atoms with E-state index >= 15 is 0 Å². The molecule has 1 saturated heterocycles. The molecule has 1 aliphatic heterocycles. The Morgan fingerprint density at radius 1 is 0.863 bits per heavy atom. The minimum absolute atomic E-state index is 0.00684. The molecule has 4 aromatic carbocycles. The van der Waals surface area contributed by atoms with Gasteiger partial charge in [-0.1, -0.05) is 104 Å². The minimum atomic E-state index is -0.653. The van der Waals surface area contributed by atoms with E-state index in [2.05, 4.69) is 22.5 Å². The summed E-state index contributed by atoms with van der Waals surface area (Å²) in [5.74, 6) is -0.493. The second-order valence-electron chi connectivity index (χ2n) is 13.0. The molecule has 0 spiro atoms. The van der Waals surface area contributed by atoms with Crippen LogP contribution in [0.15, 0.2) is 103 Å². The zero-order chi connectivity index (χ0) is 36.3. The van der Waals surface area contributed by atoms with Crippen molar-refractivity contribution in [2.75, 3.05) is 26.7 Å². The van der Waals surface area contributed by atoms with Crippen molar-refractivity contribution in [3.63, 3.8) is 0 Å². The summed E-state index contributed by atoms with van der Waals surface area (Å²) in [6.07, 6.45) is -1.75. The van der Waals surface area contributed by atoms with Crippen LogP contribution in [-0.4, -0.2) is 66.0 Å². The number of carbonyl (C=O) groups excluding carboxylic acids is 2. The van der Waals surface area contributed by atoms with Crippen LogP contribution >= 0.6 is 0 Å². The molecular weight excluding hydrogens is 646 g/mol. The number of hydrogen-bond acceptors (Lipinski definition) is 8. The van der Waals surface area contributed by atoms with Gasteiger partial charge in [-0.2, -0.15) is 0 Å². The SMILES string of the molecule is CCOC(=O)CNC(=O)NCc1cccc(-c2ccc(C3OC(CN(C)C(C)C(O)c4ccccc4)C(C)C(c4ccc(CO)cc4)O3)cc2)c1. The maximum atomic E-state index is 12.2. The van der Waals surface area contributed by atoms with E-state index in [-0.39, 0.29) is 43.9 Å². The molecule has 0 aliphatic carbocycles. The van der Waals surface area contributed by atoms with Crippen LogP contribution in [0.4, 0.5) is 4.79 Å². The second kappa shape index (κ2) is 18.1. The number of likely N-dealkylation sites (N-methyl/N-ethyl adjacent to an activating group) is 1. The first-order valence-corrected chi connectivity index (χ1v) is 17.5. The lowest BCUT2D eigenvalue weighted by atomic mass is 9.89. The number of nitrogens with zero attached hydrogens (tertiary/aromatic N) is 1. The molecule has 2 amide bonds. The first-order chi connectivity index (χ1) is 24.7. The molecule has 4 aromatic rings. The number of benzene rings is 4. The lowest BCUT2D eigenvalue weighted by Crippen LogP contribution is -2.46. The molecule has 5 rings (SSSR count). The predicted molar refractivity (Wildman–Crippen MR) is 195 cm³/mol. The number of rotatable bonds is 14. The Balaban J connectivity index is 1.30. The van der Waals surface area contributed by atoms with Crippen molar-refractivity contribution in [2.45, 2.75) is 64.6 Å². The largest absolute Gasteiger partial charge is 0.465 e. The summed E-state index contributed by atoms with van der Waals surface area (Å²) < 4.78 is 18.2. The van der Waals surface area contributed by atoms with E-state index in [1.807, 2.05) is 117 Å². The first-order valence-electron chi connectivity index (χ1n) is 17.5. The van der Waals surface area contributed by atoms with Crippen LogP contribution in [0.5, 0.6) is 0 Å². The summed E-state index contributed by atoms with van der Waals surface area (Å²) in [5.41, 5.74) is 6.48. The van der Waals surface area contributed by atoms with E-state index in [9.17, 15) is 19.8 Å². The van der Waals surface area contributed by atoms with Gasteiger partial charge < -0.3 is 35.1 Å². The van der Waals surface area contributed by atoms with Crippen LogP contribution in [-0.2, 0) is 32.2 Å². The average molecular weight is 696 g/mol. The van der Waals surface area contributed by atoms with Gasteiger partial charge in [-0.15, -0.1) is 0 Å². The van der Waals surface area contributed by atoms with Crippen molar-refractivity contribution in [1.29, 1.82) is 0 Å². The average Bonchev–Trinajstić information content (AvgIpc) is 3.17. The van der Waals surface area contributed by atoms with Crippen molar-refractivity contribution in [3.05, 3.63) is 131 Å². The molecule has 10 nitrogen and oxygen atoms in total. The molecule has 1 fully saturated rings. The van der Waals surface area contributed by atoms with Gasteiger partial charge >= 0.3 is 12.0 Å². The summed E-state index contributed by atoms with van der Waals surface area (Å²) >= 11 is 0. The van der Waals surface area contributed by atoms with Crippen molar-refractivity contribution >= 4 is 12.0 Å². The lowest BCUT2D eigenvalue weighted by molar-refractivity contribution is -0.276. The molecule has 1 heterocycles. The highest BCUT2D eigenvalue weighted by Crippen LogP contribution is 2.42.